The Morgan fingerprint density at radius 3 is 0.910 bits per heavy atom. The number of hydrogen-bond acceptors (Lipinski definition) is 5. The van der Waals surface area contributed by atoms with Gasteiger partial charge in [-0.2, -0.15) is 0 Å². The second kappa shape index (κ2) is 67.6. The van der Waals surface area contributed by atoms with Crippen LogP contribution in [0.2, 0.25) is 0 Å². The van der Waals surface area contributed by atoms with Crippen molar-refractivity contribution in [1.29, 1.82) is 0 Å². The Kier molecular flexibility index (Phi) is 65.9. The molecule has 0 aliphatic heterocycles. The number of esters is 1. The molecule has 460 valence electrons. The van der Waals surface area contributed by atoms with Crippen LogP contribution < -0.4 is 5.32 Å². The summed E-state index contributed by atoms with van der Waals surface area (Å²) in [7, 11) is 0. The van der Waals surface area contributed by atoms with E-state index in [-0.39, 0.29) is 18.5 Å². The van der Waals surface area contributed by atoms with Gasteiger partial charge in [0.2, 0.25) is 5.91 Å². The minimum atomic E-state index is -0.839. The van der Waals surface area contributed by atoms with Gasteiger partial charge in [-0.15, -0.1) is 0 Å². The fourth-order valence-corrected chi connectivity index (χ4v) is 11.0. The van der Waals surface area contributed by atoms with Gasteiger partial charge in [0.1, 0.15) is 0 Å². The third-order valence-corrected chi connectivity index (χ3v) is 16.4. The summed E-state index contributed by atoms with van der Waals surface area (Å²) in [6, 6.07) is -0.623. The molecular formula is C72H137NO5. The quantitative estimate of drug-likeness (QED) is 0.0320. The van der Waals surface area contributed by atoms with E-state index in [9.17, 15) is 19.8 Å². The zero-order valence-electron chi connectivity index (χ0n) is 52.7. The first-order valence-corrected chi connectivity index (χ1v) is 35.3. The highest BCUT2D eigenvalue weighted by Gasteiger charge is 2.18. The molecule has 3 N–H and O–H groups in total. The van der Waals surface area contributed by atoms with Crippen LogP contribution in [0.4, 0.5) is 0 Å². The van der Waals surface area contributed by atoms with Crippen molar-refractivity contribution in [3.8, 4) is 0 Å². The van der Waals surface area contributed by atoms with Gasteiger partial charge in [-0.05, 0) is 83.5 Å². The molecule has 0 spiro atoms. The van der Waals surface area contributed by atoms with E-state index < -0.39 is 12.1 Å². The molecule has 78 heavy (non-hydrogen) atoms. The van der Waals surface area contributed by atoms with Crippen LogP contribution in [0.1, 0.15) is 386 Å². The van der Waals surface area contributed by atoms with Crippen molar-refractivity contribution >= 4 is 11.9 Å². The number of rotatable bonds is 66. The number of aliphatic hydroxyl groups excluding tert-OH is 2. The van der Waals surface area contributed by atoms with Gasteiger partial charge >= 0.3 is 5.97 Å². The van der Waals surface area contributed by atoms with Crippen molar-refractivity contribution in [1.82, 2.24) is 5.32 Å². The van der Waals surface area contributed by atoms with Crippen LogP contribution >= 0.6 is 0 Å². The van der Waals surface area contributed by atoms with Crippen LogP contribution in [0.3, 0.4) is 0 Å². The average molecular weight is 1100 g/mol. The number of ether oxygens (including phenoxy) is 1. The van der Waals surface area contributed by atoms with E-state index in [1.54, 1.807) is 6.08 Å². The van der Waals surface area contributed by atoms with E-state index in [0.717, 1.165) is 44.9 Å². The van der Waals surface area contributed by atoms with Gasteiger partial charge in [-0.1, -0.05) is 326 Å². The molecule has 1 amide bonds. The van der Waals surface area contributed by atoms with Gasteiger partial charge in [0.05, 0.1) is 25.4 Å². The lowest BCUT2D eigenvalue weighted by atomic mass is 10.0. The fourth-order valence-electron chi connectivity index (χ4n) is 11.0. The summed E-state index contributed by atoms with van der Waals surface area (Å²) in [5, 5.41) is 23.0. The summed E-state index contributed by atoms with van der Waals surface area (Å²) < 4.78 is 5.50. The molecule has 0 aliphatic rings. The van der Waals surface area contributed by atoms with Gasteiger partial charge in [0, 0.05) is 12.8 Å². The molecule has 0 fully saturated rings. The number of allylic oxidation sites excluding steroid dienone is 5. The van der Waals surface area contributed by atoms with Crippen molar-refractivity contribution in [2.45, 2.75) is 398 Å². The lowest BCUT2D eigenvalue weighted by molar-refractivity contribution is -0.143. The summed E-state index contributed by atoms with van der Waals surface area (Å²) >= 11 is 0. The first-order valence-electron chi connectivity index (χ1n) is 35.3. The summed E-state index contributed by atoms with van der Waals surface area (Å²) in [6.07, 6.45) is 86.8. The second-order valence-corrected chi connectivity index (χ2v) is 24.2. The number of unbranched alkanes of at least 4 members (excludes halogenated alkanes) is 51. The van der Waals surface area contributed by atoms with Gasteiger partial charge < -0.3 is 20.3 Å². The zero-order chi connectivity index (χ0) is 56.4. The van der Waals surface area contributed by atoms with Crippen LogP contribution in [0.5, 0.6) is 0 Å². The third kappa shape index (κ3) is 63.3. The SMILES string of the molecule is CCCCCCCC/C=C\CCCCCCCCCC(=O)OCCCCCCCCCCCCCCCC/C=C\CCCCCCCCCCCCCCCCCCCC(=O)NC(CO)C(O)/C=C/CCCCCCCCC. The normalized spacial score (nSPS) is 12.7. The maximum Gasteiger partial charge on any atom is 0.305 e. The van der Waals surface area contributed by atoms with Gasteiger partial charge in [-0.3, -0.25) is 9.59 Å². The molecule has 0 aromatic heterocycles. The van der Waals surface area contributed by atoms with Crippen molar-refractivity contribution in [3.63, 3.8) is 0 Å². The molecule has 0 aromatic rings. The Balaban J connectivity index is 3.31. The Labute approximate surface area is 487 Å². The van der Waals surface area contributed by atoms with Crippen LogP contribution in [-0.4, -0.2) is 47.4 Å². The van der Waals surface area contributed by atoms with Gasteiger partial charge in [-0.25, -0.2) is 0 Å². The topological polar surface area (TPSA) is 95.9 Å². The summed E-state index contributed by atoms with van der Waals surface area (Å²) in [5.41, 5.74) is 0. The Bertz CT molecular complexity index is 1260. The summed E-state index contributed by atoms with van der Waals surface area (Å²) in [5.74, 6) is -0.0491. The molecule has 0 saturated carbocycles. The van der Waals surface area contributed by atoms with E-state index >= 15 is 0 Å². The van der Waals surface area contributed by atoms with Crippen molar-refractivity contribution in [3.05, 3.63) is 36.5 Å². The maximum atomic E-state index is 12.4. The van der Waals surface area contributed by atoms with Gasteiger partial charge in [0.15, 0.2) is 0 Å². The number of carbonyl (C=O) groups is 2. The predicted molar refractivity (Wildman–Crippen MR) is 343 cm³/mol. The highest BCUT2D eigenvalue weighted by atomic mass is 16.5. The van der Waals surface area contributed by atoms with Crippen LogP contribution in [0.15, 0.2) is 36.5 Å². The zero-order valence-corrected chi connectivity index (χ0v) is 52.7. The fraction of sp³-hybridized carbons (Fsp3) is 0.889. The first kappa shape index (κ1) is 76.1. The first-order chi connectivity index (χ1) is 38.5. The molecular weight excluding hydrogens is 959 g/mol. The molecule has 0 bridgehead atoms. The molecule has 6 heteroatoms. The smallest absolute Gasteiger partial charge is 0.305 e. The van der Waals surface area contributed by atoms with Crippen molar-refractivity contribution in [2.24, 2.45) is 0 Å². The van der Waals surface area contributed by atoms with E-state index in [1.165, 1.54) is 315 Å². The molecule has 0 aliphatic carbocycles. The summed E-state index contributed by atoms with van der Waals surface area (Å²) in [6.45, 7) is 4.89. The Morgan fingerprint density at radius 1 is 0.346 bits per heavy atom. The minimum Gasteiger partial charge on any atom is -0.466 e. The Hall–Kier alpha value is -1.92. The maximum absolute atomic E-state index is 12.4. The van der Waals surface area contributed by atoms with E-state index in [0.29, 0.717) is 19.4 Å². The standard InChI is InChI=1S/C72H137NO5/c1-3-5-7-9-11-13-14-15-16-36-40-43-46-50-54-58-62-66-72(77)78-67-63-59-55-51-47-44-41-38-35-33-31-29-27-25-23-21-19-17-18-20-22-24-26-28-30-32-34-37-39-42-45-49-53-57-61-65-71(76)73-69(68-74)70(75)64-60-56-52-48-12-10-8-6-4-2/h15-16,19,21,60,64,69-70,74-75H,3-14,17-18,20,22-59,61-63,65-68H2,1-2H3,(H,73,76)/b16-15-,21-19-,64-60+. The number of amides is 1. The third-order valence-electron chi connectivity index (χ3n) is 16.4. The van der Waals surface area contributed by atoms with Crippen LogP contribution in [0, 0.1) is 0 Å². The van der Waals surface area contributed by atoms with E-state index in [4.69, 9.17) is 4.74 Å². The minimum absolute atomic E-state index is 0.0169. The second-order valence-electron chi connectivity index (χ2n) is 24.2. The molecule has 0 aromatic carbocycles. The molecule has 2 atom stereocenters. The van der Waals surface area contributed by atoms with Crippen LogP contribution in [-0.2, 0) is 14.3 Å². The summed E-state index contributed by atoms with van der Waals surface area (Å²) in [4.78, 5) is 24.5. The van der Waals surface area contributed by atoms with Crippen molar-refractivity contribution < 1.29 is 24.5 Å². The lowest BCUT2D eigenvalue weighted by Crippen LogP contribution is -2.45. The lowest BCUT2D eigenvalue weighted by Gasteiger charge is -2.20. The average Bonchev–Trinajstić information content (AvgIpc) is 3.44. The number of aliphatic hydroxyl groups is 2. The molecule has 0 heterocycles. The monoisotopic (exact) mass is 1100 g/mol. The molecule has 6 nitrogen and oxygen atoms in total. The van der Waals surface area contributed by atoms with E-state index in [2.05, 4.69) is 43.5 Å². The molecule has 0 rings (SSSR count). The highest BCUT2D eigenvalue weighted by molar-refractivity contribution is 5.76. The Morgan fingerprint density at radius 2 is 0.603 bits per heavy atom. The molecule has 2 unspecified atom stereocenters. The largest absolute Gasteiger partial charge is 0.466 e. The highest BCUT2D eigenvalue weighted by Crippen LogP contribution is 2.18. The number of carbonyl (C=O) groups excluding carboxylic acids is 2. The molecule has 0 saturated heterocycles. The van der Waals surface area contributed by atoms with Gasteiger partial charge in [0.25, 0.3) is 0 Å². The number of hydrogen-bond donors (Lipinski definition) is 3. The van der Waals surface area contributed by atoms with E-state index in [1.807, 2.05) is 6.08 Å². The predicted octanol–water partition coefficient (Wildman–Crippen LogP) is 22.7. The number of nitrogens with one attached hydrogen (secondary N) is 1. The molecule has 0 radical (unpaired) electrons. The van der Waals surface area contributed by atoms with Crippen molar-refractivity contribution in [2.75, 3.05) is 13.2 Å². The van der Waals surface area contributed by atoms with Crippen LogP contribution in [0.25, 0.3) is 0 Å².